The van der Waals surface area contributed by atoms with E-state index in [0.717, 1.165) is 12.2 Å². The maximum atomic E-state index is 8.81. The molecule has 43 heavy (non-hydrogen) atoms. The summed E-state index contributed by atoms with van der Waals surface area (Å²) in [4.78, 5) is 11.3. The van der Waals surface area contributed by atoms with Gasteiger partial charge in [-0.15, -0.1) is 0 Å². The van der Waals surface area contributed by atoms with Gasteiger partial charge >= 0.3 is 0 Å². The predicted octanol–water partition coefficient (Wildman–Crippen LogP) is 11.5. The number of unbranched alkanes of at least 4 members (excludes halogenated alkanes) is 3. The normalized spacial score (nSPS) is 13.9. The van der Waals surface area contributed by atoms with Gasteiger partial charge in [0.1, 0.15) is 6.29 Å². The van der Waals surface area contributed by atoms with Crippen molar-refractivity contribution in [3.63, 3.8) is 0 Å². The highest BCUT2D eigenvalue weighted by atomic mass is 16.1. The summed E-state index contributed by atoms with van der Waals surface area (Å²) >= 11 is 0. The summed E-state index contributed by atoms with van der Waals surface area (Å²) in [5, 5.41) is 3.79. The maximum absolute atomic E-state index is 8.81. The van der Waals surface area contributed by atoms with Crippen LogP contribution in [0, 0.1) is 5.92 Å². The molecular formula is C40H68N2O. The fourth-order valence-electron chi connectivity index (χ4n) is 5.51. The number of hydrogen-bond acceptors (Lipinski definition) is 3. The monoisotopic (exact) mass is 593 g/mol. The van der Waals surface area contributed by atoms with E-state index >= 15 is 0 Å². The highest BCUT2D eigenvalue weighted by Gasteiger charge is 2.38. The van der Waals surface area contributed by atoms with Gasteiger partial charge in [0.25, 0.3) is 0 Å². The van der Waals surface area contributed by atoms with Gasteiger partial charge in [-0.3, -0.25) is 0 Å². The van der Waals surface area contributed by atoms with Gasteiger partial charge in [0, 0.05) is 19.0 Å². The van der Waals surface area contributed by atoms with E-state index in [0.29, 0.717) is 11.5 Å². The number of nitrogens with one attached hydrogen (secondary N) is 1. The minimum Gasteiger partial charge on any atom is -0.365 e. The van der Waals surface area contributed by atoms with Crippen LogP contribution in [0.4, 0.5) is 0 Å². The van der Waals surface area contributed by atoms with Crippen molar-refractivity contribution in [1.29, 1.82) is 0 Å². The average molecular weight is 593 g/mol. The SMILES string of the molecule is C=C1NC(CCCC)(CCCC)CN1CCC(CC)CCC.CC(c1ccccc1)c1ccccc1.CC=O.CCCC. The molecule has 1 heterocycles. The fraction of sp³-hybridized carbons (Fsp3) is 0.625. The summed E-state index contributed by atoms with van der Waals surface area (Å²) in [6.07, 6.45) is 16.5. The highest BCUT2D eigenvalue weighted by Crippen LogP contribution is 2.31. The van der Waals surface area contributed by atoms with E-state index in [4.69, 9.17) is 4.79 Å². The number of rotatable bonds is 15. The van der Waals surface area contributed by atoms with E-state index in [-0.39, 0.29) is 0 Å². The largest absolute Gasteiger partial charge is 0.365 e. The lowest BCUT2D eigenvalue weighted by molar-refractivity contribution is -0.106. The molecule has 1 N–H and O–H groups in total. The summed E-state index contributed by atoms with van der Waals surface area (Å²) in [7, 11) is 0. The van der Waals surface area contributed by atoms with Crippen molar-refractivity contribution in [2.75, 3.05) is 13.1 Å². The standard InChI is InChI=1S/C20H40N2.C14H14.C4H10.C2H4O/c1-6-10-14-20(15-11-7-2)17-22(18(5)21-20)16-13-19(9-4)12-8-3;1-12(13-8-4-2-5-9-13)14-10-6-3-7-11-14;1-3-4-2;1-2-3/h19,21H,5-17H2,1-4H3;2-12H,1H3;3-4H2,1-2H3;2H,1H3. The van der Waals surface area contributed by atoms with Crippen molar-refractivity contribution in [2.24, 2.45) is 5.92 Å². The first-order chi connectivity index (χ1) is 20.8. The zero-order valence-corrected chi connectivity index (χ0v) is 29.5. The molecule has 0 aliphatic carbocycles. The van der Waals surface area contributed by atoms with Crippen LogP contribution in [-0.2, 0) is 4.79 Å². The number of benzene rings is 2. The fourth-order valence-corrected chi connectivity index (χ4v) is 5.51. The Morgan fingerprint density at radius 2 is 1.26 bits per heavy atom. The molecule has 0 spiro atoms. The van der Waals surface area contributed by atoms with Gasteiger partial charge in [0.15, 0.2) is 0 Å². The van der Waals surface area contributed by atoms with Crippen molar-refractivity contribution < 1.29 is 4.79 Å². The van der Waals surface area contributed by atoms with Gasteiger partial charge < -0.3 is 15.0 Å². The predicted molar refractivity (Wildman–Crippen MR) is 192 cm³/mol. The van der Waals surface area contributed by atoms with E-state index in [1.807, 2.05) is 0 Å². The number of hydrogen-bond donors (Lipinski definition) is 1. The molecule has 1 saturated heterocycles. The van der Waals surface area contributed by atoms with Gasteiger partial charge in [0.05, 0.1) is 11.4 Å². The van der Waals surface area contributed by atoms with Crippen LogP contribution in [0.15, 0.2) is 73.1 Å². The summed E-state index contributed by atoms with van der Waals surface area (Å²) in [6.45, 7) is 24.0. The van der Waals surface area contributed by atoms with Crippen molar-refractivity contribution in [3.05, 3.63) is 84.2 Å². The third-order valence-corrected chi connectivity index (χ3v) is 8.48. The van der Waals surface area contributed by atoms with Crippen LogP contribution in [-0.4, -0.2) is 29.8 Å². The lowest BCUT2D eigenvalue weighted by atomic mass is 9.87. The summed E-state index contributed by atoms with van der Waals surface area (Å²) in [5.74, 6) is 2.55. The van der Waals surface area contributed by atoms with Crippen molar-refractivity contribution in [2.45, 2.75) is 144 Å². The van der Waals surface area contributed by atoms with Crippen LogP contribution in [0.5, 0.6) is 0 Å². The molecule has 2 aromatic carbocycles. The van der Waals surface area contributed by atoms with Crippen LogP contribution in [0.2, 0.25) is 0 Å². The summed E-state index contributed by atoms with van der Waals surface area (Å²) in [5.41, 5.74) is 3.05. The van der Waals surface area contributed by atoms with E-state index in [2.05, 4.69) is 126 Å². The van der Waals surface area contributed by atoms with Crippen LogP contribution in [0.25, 0.3) is 0 Å². The molecule has 3 rings (SSSR count). The van der Waals surface area contributed by atoms with Gasteiger partial charge in [-0.25, -0.2) is 0 Å². The smallest absolute Gasteiger partial charge is 0.116 e. The third-order valence-electron chi connectivity index (χ3n) is 8.48. The molecule has 0 bridgehead atoms. The van der Waals surface area contributed by atoms with Gasteiger partial charge in [0.2, 0.25) is 0 Å². The Morgan fingerprint density at radius 3 is 1.63 bits per heavy atom. The Morgan fingerprint density at radius 1 is 0.791 bits per heavy atom. The molecule has 0 aromatic heterocycles. The van der Waals surface area contributed by atoms with E-state index in [1.165, 1.54) is 114 Å². The molecule has 0 radical (unpaired) electrons. The van der Waals surface area contributed by atoms with Crippen LogP contribution in [0.3, 0.4) is 0 Å². The molecule has 1 aliphatic heterocycles. The molecular weight excluding hydrogens is 524 g/mol. The molecule has 1 unspecified atom stereocenters. The number of carbonyl (C=O) groups is 1. The van der Waals surface area contributed by atoms with Gasteiger partial charge in [-0.1, -0.05) is 173 Å². The molecule has 3 heteroatoms. The summed E-state index contributed by atoms with van der Waals surface area (Å²) < 4.78 is 0. The van der Waals surface area contributed by atoms with Crippen LogP contribution >= 0.6 is 0 Å². The summed E-state index contributed by atoms with van der Waals surface area (Å²) in [6, 6.07) is 21.2. The second kappa shape index (κ2) is 25.9. The first-order valence-electron chi connectivity index (χ1n) is 17.5. The van der Waals surface area contributed by atoms with Crippen LogP contribution in [0.1, 0.15) is 149 Å². The minimum atomic E-state index is 0.301. The van der Waals surface area contributed by atoms with Crippen molar-refractivity contribution in [1.82, 2.24) is 10.2 Å². The molecule has 1 atom stereocenters. The Bertz CT molecular complexity index is 861. The molecule has 0 saturated carbocycles. The molecule has 0 amide bonds. The molecule has 2 aromatic rings. The van der Waals surface area contributed by atoms with Gasteiger partial charge in [-0.05, 0) is 43.2 Å². The topological polar surface area (TPSA) is 32.3 Å². The third kappa shape index (κ3) is 17.4. The quantitative estimate of drug-likeness (QED) is 0.209. The first-order valence-corrected chi connectivity index (χ1v) is 17.5. The lowest BCUT2D eigenvalue weighted by Crippen LogP contribution is -2.42. The second-order valence-corrected chi connectivity index (χ2v) is 12.1. The Labute approximate surface area is 268 Å². The average Bonchev–Trinajstić information content (AvgIpc) is 3.37. The Balaban J connectivity index is 0.000000711. The minimum absolute atomic E-state index is 0.301. The zero-order valence-electron chi connectivity index (χ0n) is 29.5. The van der Waals surface area contributed by atoms with Crippen LogP contribution < -0.4 is 5.32 Å². The number of nitrogens with zero attached hydrogens (tertiary/aromatic N) is 1. The zero-order chi connectivity index (χ0) is 32.3. The van der Waals surface area contributed by atoms with Crippen molar-refractivity contribution in [3.8, 4) is 0 Å². The molecule has 244 valence electrons. The maximum Gasteiger partial charge on any atom is 0.116 e. The van der Waals surface area contributed by atoms with E-state index in [9.17, 15) is 0 Å². The Kier molecular flexibility index (Phi) is 24.4. The highest BCUT2D eigenvalue weighted by molar-refractivity contribution is 5.44. The second-order valence-electron chi connectivity index (χ2n) is 12.1. The number of aldehydes is 1. The molecule has 1 aliphatic rings. The molecule has 1 fully saturated rings. The lowest BCUT2D eigenvalue weighted by Gasteiger charge is -2.29. The van der Waals surface area contributed by atoms with Gasteiger partial charge in [-0.2, -0.15) is 0 Å². The molecule has 3 nitrogen and oxygen atoms in total. The van der Waals surface area contributed by atoms with E-state index in [1.54, 1.807) is 0 Å². The van der Waals surface area contributed by atoms with Crippen molar-refractivity contribution >= 4 is 6.29 Å². The number of carbonyl (C=O) groups excluding carboxylic acids is 1. The van der Waals surface area contributed by atoms with E-state index < -0.39 is 0 Å². The Hall–Kier alpha value is -2.55. The first kappa shape index (κ1) is 40.5.